The molecule has 1 aromatic rings. The highest BCUT2D eigenvalue weighted by Crippen LogP contribution is 2.25. The topological polar surface area (TPSA) is 74.6 Å². The van der Waals surface area contributed by atoms with Crippen molar-refractivity contribution in [1.82, 2.24) is 4.90 Å². The number of nitrogens with zero attached hydrogens (tertiary/aromatic N) is 2. The molecule has 0 spiro atoms. The molecule has 1 aliphatic rings. The van der Waals surface area contributed by atoms with Gasteiger partial charge in [0.2, 0.25) is 5.91 Å². The minimum atomic E-state index is 0.0275. The van der Waals surface area contributed by atoms with E-state index in [-0.39, 0.29) is 12.5 Å². The number of amides is 1. The van der Waals surface area contributed by atoms with Gasteiger partial charge in [0.05, 0.1) is 44.2 Å². The molecule has 2 rings (SSSR count). The fourth-order valence-corrected chi connectivity index (χ4v) is 2.00. The van der Waals surface area contributed by atoms with E-state index in [1.807, 2.05) is 6.07 Å². The first-order chi connectivity index (χ1) is 9.74. The second-order valence-electron chi connectivity index (χ2n) is 4.37. The van der Waals surface area contributed by atoms with Gasteiger partial charge in [-0.2, -0.15) is 5.26 Å². The van der Waals surface area contributed by atoms with Crippen molar-refractivity contribution in [2.24, 2.45) is 0 Å². The molecule has 1 amide bonds. The summed E-state index contributed by atoms with van der Waals surface area (Å²) in [5.41, 5.74) is 1.22. The van der Waals surface area contributed by atoms with Crippen molar-refractivity contribution in [3.05, 3.63) is 23.8 Å². The van der Waals surface area contributed by atoms with E-state index < -0.39 is 0 Å². The quantitative estimate of drug-likeness (QED) is 0.881. The fourth-order valence-electron chi connectivity index (χ4n) is 2.00. The van der Waals surface area contributed by atoms with Gasteiger partial charge in [0, 0.05) is 19.2 Å². The van der Waals surface area contributed by atoms with Gasteiger partial charge in [-0.25, -0.2) is 0 Å². The number of hydrogen-bond acceptors (Lipinski definition) is 5. The maximum atomic E-state index is 12.0. The molecule has 0 saturated carbocycles. The third-order valence-corrected chi connectivity index (χ3v) is 3.12. The first-order valence-electron chi connectivity index (χ1n) is 6.42. The van der Waals surface area contributed by atoms with Gasteiger partial charge in [-0.1, -0.05) is 0 Å². The first-order valence-corrected chi connectivity index (χ1v) is 6.42. The highest BCUT2D eigenvalue weighted by atomic mass is 16.5. The number of hydrogen-bond donors (Lipinski definition) is 1. The van der Waals surface area contributed by atoms with E-state index >= 15 is 0 Å². The standard InChI is InChI=1S/C14H17N3O3/c1-19-13-8-11(9-15)2-3-12(13)16-10-14(18)17-4-6-20-7-5-17/h2-3,8,16H,4-7,10H2,1H3. The number of anilines is 1. The minimum absolute atomic E-state index is 0.0275. The Morgan fingerprint density at radius 3 is 2.90 bits per heavy atom. The van der Waals surface area contributed by atoms with Gasteiger partial charge in [-0.15, -0.1) is 0 Å². The number of benzene rings is 1. The van der Waals surface area contributed by atoms with E-state index in [9.17, 15) is 4.79 Å². The van der Waals surface area contributed by atoms with E-state index in [0.29, 0.717) is 43.3 Å². The molecule has 1 aromatic carbocycles. The maximum Gasteiger partial charge on any atom is 0.242 e. The third kappa shape index (κ3) is 3.39. The van der Waals surface area contributed by atoms with Crippen molar-refractivity contribution in [1.29, 1.82) is 5.26 Å². The van der Waals surface area contributed by atoms with Crippen LogP contribution in [0.25, 0.3) is 0 Å². The summed E-state index contributed by atoms with van der Waals surface area (Å²) in [5.74, 6) is 0.582. The van der Waals surface area contributed by atoms with Gasteiger partial charge in [-0.3, -0.25) is 4.79 Å². The van der Waals surface area contributed by atoms with Crippen molar-refractivity contribution in [2.75, 3.05) is 45.3 Å². The lowest BCUT2D eigenvalue weighted by Gasteiger charge is -2.27. The number of morpholine rings is 1. The van der Waals surface area contributed by atoms with Gasteiger partial charge in [0.15, 0.2) is 0 Å². The molecule has 0 bridgehead atoms. The highest BCUT2D eigenvalue weighted by molar-refractivity contribution is 5.81. The molecular formula is C14H17N3O3. The lowest BCUT2D eigenvalue weighted by Crippen LogP contribution is -2.43. The van der Waals surface area contributed by atoms with Crippen LogP contribution in [0.5, 0.6) is 5.75 Å². The molecule has 1 fully saturated rings. The van der Waals surface area contributed by atoms with Gasteiger partial charge in [-0.05, 0) is 12.1 Å². The summed E-state index contributed by atoms with van der Waals surface area (Å²) in [5, 5.41) is 11.9. The second-order valence-corrected chi connectivity index (χ2v) is 4.37. The zero-order valence-corrected chi connectivity index (χ0v) is 11.4. The average Bonchev–Trinajstić information content (AvgIpc) is 2.53. The van der Waals surface area contributed by atoms with Crippen LogP contribution < -0.4 is 10.1 Å². The van der Waals surface area contributed by atoms with Gasteiger partial charge < -0.3 is 19.7 Å². The number of methoxy groups -OCH3 is 1. The molecule has 1 heterocycles. The van der Waals surface area contributed by atoms with Crippen molar-refractivity contribution in [3.8, 4) is 11.8 Å². The Kier molecular flexibility index (Phi) is 4.80. The lowest BCUT2D eigenvalue weighted by atomic mass is 10.2. The van der Waals surface area contributed by atoms with Gasteiger partial charge >= 0.3 is 0 Å². The monoisotopic (exact) mass is 275 g/mol. The van der Waals surface area contributed by atoms with Gasteiger partial charge in [0.25, 0.3) is 0 Å². The fraction of sp³-hybridized carbons (Fsp3) is 0.429. The zero-order chi connectivity index (χ0) is 14.4. The summed E-state index contributed by atoms with van der Waals surface area (Å²) in [6, 6.07) is 7.11. The molecule has 106 valence electrons. The number of rotatable bonds is 4. The summed E-state index contributed by atoms with van der Waals surface area (Å²) in [6.07, 6.45) is 0. The molecule has 6 heteroatoms. The molecule has 0 aromatic heterocycles. The van der Waals surface area contributed by atoms with E-state index in [4.69, 9.17) is 14.7 Å². The lowest BCUT2D eigenvalue weighted by molar-refractivity contribution is -0.133. The Bertz CT molecular complexity index is 519. The summed E-state index contributed by atoms with van der Waals surface area (Å²) >= 11 is 0. The maximum absolute atomic E-state index is 12.0. The third-order valence-electron chi connectivity index (χ3n) is 3.12. The Hall–Kier alpha value is -2.26. The Balaban J connectivity index is 1.96. The molecule has 1 N–H and O–H groups in total. The van der Waals surface area contributed by atoms with Crippen LogP contribution in [0.1, 0.15) is 5.56 Å². The van der Waals surface area contributed by atoms with E-state index in [0.717, 1.165) is 0 Å². The smallest absolute Gasteiger partial charge is 0.242 e. The van der Waals surface area contributed by atoms with Crippen LogP contribution in [0.3, 0.4) is 0 Å². The number of carbonyl (C=O) groups is 1. The van der Waals surface area contributed by atoms with Crippen LogP contribution >= 0.6 is 0 Å². The van der Waals surface area contributed by atoms with Crippen molar-refractivity contribution in [2.45, 2.75) is 0 Å². The molecular weight excluding hydrogens is 258 g/mol. The van der Waals surface area contributed by atoms with Crippen LogP contribution in [0.2, 0.25) is 0 Å². The molecule has 0 atom stereocenters. The number of ether oxygens (including phenoxy) is 2. The van der Waals surface area contributed by atoms with Gasteiger partial charge in [0.1, 0.15) is 5.75 Å². The highest BCUT2D eigenvalue weighted by Gasteiger charge is 2.16. The summed E-state index contributed by atoms with van der Waals surface area (Å²) in [7, 11) is 1.53. The van der Waals surface area contributed by atoms with Crippen LogP contribution in [-0.2, 0) is 9.53 Å². The van der Waals surface area contributed by atoms with Crippen molar-refractivity contribution >= 4 is 11.6 Å². The van der Waals surface area contributed by atoms with E-state index in [1.165, 1.54) is 7.11 Å². The number of carbonyl (C=O) groups excluding carboxylic acids is 1. The first kappa shape index (κ1) is 14.2. The number of nitriles is 1. The van der Waals surface area contributed by atoms with Crippen LogP contribution in [0.4, 0.5) is 5.69 Å². The predicted molar refractivity (Wildman–Crippen MR) is 73.6 cm³/mol. The second kappa shape index (κ2) is 6.78. The van der Waals surface area contributed by atoms with E-state index in [2.05, 4.69) is 5.32 Å². The Morgan fingerprint density at radius 1 is 1.50 bits per heavy atom. The largest absolute Gasteiger partial charge is 0.495 e. The molecule has 20 heavy (non-hydrogen) atoms. The average molecular weight is 275 g/mol. The SMILES string of the molecule is COc1cc(C#N)ccc1NCC(=O)N1CCOCC1. The van der Waals surface area contributed by atoms with E-state index in [1.54, 1.807) is 23.1 Å². The van der Waals surface area contributed by atoms with Crippen LogP contribution in [0.15, 0.2) is 18.2 Å². The predicted octanol–water partition coefficient (Wildman–Crippen LogP) is 0.838. The molecule has 6 nitrogen and oxygen atoms in total. The molecule has 1 saturated heterocycles. The van der Waals surface area contributed by atoms with Crippen molar-refractivity contribution in [3.63, 3.8) is 0 Å². The molecule has 1 aliphatic heterocycles. The molecule has 0 unspecified atom stereocenters. The zero-order valence-electron chi connectivity index (χ0n) is 11.4. The summed E-state index contributed by atoms with van der Waals surface area (Å²) in [6.45, 7) is 2.64. The summed E-state index contributed by atoms with van der Waals surface area (Å²) in [4.78, 5) is 13.8. The normalized spacial score (nSPS) is 14.5. The Morgan fingerprint density at radius 2 is 2.25 bits per heavy atom. The number of nitrogens with one attached hydrogen (secondary N) is 1. The van der Waals surface area contributed by atoms with Crippen molar-refractivity contribution < 1.29 is 14.3 Å². The minimum Gasteiger partial charge on any atom is -0.495 e. The summed E-state index contributed by atoms with van der Waals surface area (Å²) < 4.78 is 10.4. The van der Waals surface area contributed by atoms with Crippen LogP contribution in [0, 0.1) is 11.3 Å². The van der Waals surface area contributed by atoms with Crippen LogP contribution in [-0.4, -0.2) is 50.8 Å². The molecule has 0 aliphatic carbocycles. The Labute approximate surface area is 117 Å². The molecule has 0 radical (unpaired) electrons.